The van der Waals surface area contributed by atoms with Gasteiger partial charge in [-0.1, -0.05) is 18.6 Å². The Hall–Kier alpha value is -2.47. The zero-order valence-electron chi connectivity index (χ0n) is 16.5. The number of rotatable bonds is 3. The van der Waals surface area contributed by atoms with E-state index in [4.69, 9.17) is 0 Å². The van der Waals surface area contributed by atoms with Gasteiger partial charge in [-0.2, -0.15) is 0 Å². The summed E-state index contributed by atoms with van der Waals surface area (Å²) < 4.78 is 0. The second-order valence-electron chi connectivity index (χ2n) is 7.90. The third kappa shape index (κ3) is 4.17. The number of H-pyrrole nitrogens is 1. The molecule has 0 spiro atoms. The van der Waals surface area contributed by atoms with E-state index in [9.17, 15) is 9.59 Å². The minimum absolute atomic E-state index is 0.0329. The first-order valence-corrected chi connectivity index (χ1v) is 10.3. The molecule has 1 N–H and O–H groups in total. The quantitative estimate of drug-likeness (QED) is 0.887. The van der Waals surface area contributed by atoms with Crippen molar-refractivity contribution in [2.45, 2.75) is 45.6 Å². The number of aryl methyl sites for hydroxylation is 1. The summed E-state index contributed by atoms with van der Waals surface area (Å²) >= 11 is 0. The van der Waals surface area contributed by atoms with Crippen LogP contribution in [0.2, 0.25) is 0 Å². The Labute approximate surface area is 165 Å². The predicted molar refractivity (Wildman–Crippen MR) is 108 cm³/mol. The van der Waals surface area contributed by atoms with Crippen molar-refractivity contribution in [1.82, 2.24) is 19.8 Å². The van der Waals surface area contributed by atoms with Crippen LogP contribution in [-0.4, -0.2) is 51.9 Å². The van der Waals surface area contributed by atoms with Gasteiger partial charge >= 0.3 is 0 Å². The number of aromatic amines is 1. The lowest BCUT2D eigenvalue weighted by Crippen LogP contribution is -2.33. The Morgan fingerprint density at radius 2 is 1.75 bits per heavy atom. The molecule has 0 saturated carbocycles. The van der Waals surface area contributed by atoms with E-state index in [1.165, 1.54) is 37.9 Å². The van der Waals surface area contributed by atoms with Crippen molar-refractivity contribution in [3.63, 3.8) is 0 Å². The van der Waals surface area contributed by atoms with Crippen molar-refractivity contribution in [2.24, 2.45) is 0 Å². The van der Waals surface area contributed by atoms with E-state index in [0.29, 0.717) is 37.3 Å². The van der Waals surface area contributed by atoms with Crippen LogP contribution in [0, 0.1) is 6.92 Å². The highest BCUT2D eigenvalue weighted by atomic mass is 16.2. The molecule has 2 aromatic rings. The van der Waals surface area contributed by atoms with Crippen molar-refractivity contribution in [3.8, 4) is 0 Å². The molecule has 2 aliphatic rings. The number of likely N-dealkylation sites (tertiary alicyclic amines) is 1. The summed E-state index contributed by atoms with van der Waals surface area (Å²) in [5.41, 5.74) is 3.45. The molecule has 0 atom stereocenters. The van der Waals surface area contributed by atoms with E-state index in [-0.39, 0.29) is 11.5 Å². The van der Waals surface area contributed by atoms with E-state index in [0.717, 1.165) is 17.8 Å². The van der Waals surface area contributed by atoms with Gasteiger partial charge in [0.15, 0.2) is 0 Å². The molecule has 4 rings (SSSR count). The third-order valence-corrected chi connectivity index (χ3v) is 5.81. The summed E-state index contributed by atoms with van der Waals surface area (Å²) in [7, 11) is 0. The van der Waals surface area contributed by atoms with Crippen LogP contribution in [0.15, 0.2) is 29.1 Å². The maximum atomic E-state index is 13.0. The Morgan fingerprint density at radius 1 is 1.04 bits per heavy atom. The number of carbonyl (C=O) groups is 1. The molecule has 2 aliphatic heterocycles. The minimum Gasteiger partial charge on any atom is -0.338 e. The molecule has 0 bridgehead atoms. The molecule has 1 aromatic heterocycles. The molecule has 3 heterocycles. The first-order valence-electron chi connectivity index (χ1n) is 10.3. The van der Waals surface area contributed by atoms with E-state index in [1.54, 1.807) is 6.92 Å². The third-order valence-electron chi connectivity index (χ3n) is 5.81. The van der Waals surface area contributed by atoms with Crippen LogP contribution in [0.3, 0.4) is 0 Å². The van der Waals surface area contributed by atoms with Gasteiger partial charge in [-0.05, 0) is 57.0 Å². The maximum Gasteiger partial charge on any atom is 0.254 e. The lowest BCUT2D eigenvalue weighted by Gasteiger charge is -2.26. The maximum absolute atomic E-state index is 13.0. The predicted octanol–water partition coefficient (Wildman–Crippen LogP) is 2.31. The lowest BCUT2D eigenvalue weighted by molar-refractivity contribution is 0.0763. The Kier molecular flexibility index (Phi) is 5.57. The van der Waals surface area contributed by atoms with Crippen LogP contribution >= 0.6 is 0 Å². The highest BCUT2D eigenvalue weighted by Crippen LogP contribution is 2.16. The van der Waals surface area contributed by atoms with E-state index in [2.05, 4.69) is 27.0 Å². The van der Waals surface area contributed by atoms with Gasteiger partial charge in [-0.25, -0.2) is 4.98 Å². The summed E-state index contributed by atoms with van der Waals surface area (Å²) in [5, 5.41) is 0. The fraction of sp³-hybridized carbons (Fsp3) is 0.500. The fourth-order valence-electron chi connectivity index (χ4n) is 4.25. The number of hydrogen-bond acceptors (Lipinski definition) is 4. The van der Waals surface area contributed by atoms with Crippen LogP contribution in [-0.2, 0) is 19.4 Å². The van der Waals surface area contributed by atoms with Crippen LogP contribution in [0.1, 0.15) is 52.3 Å². The number of piperidine rings is 1. The molecule has 148 valence electrons. The second kappa shape index (κ2) is 8.27. The molecule has 0 aliphatic carbocycles. The van der Waals surface area contributed by atoms with Gasteiger partial charge in [-0.3, -0.25) is 14.5 Å². The zero-order valence-corrected chi connectivity index (χ0v) is 16.5. The summed E-state index contributed by atoms with van der Waals surface area (Å²) in [6.45, 7) is 6.23. The van der Waals surface area contributed by atoms with Crippen LogP contribution in [0.4, 0.5) is 0 Å². The summed E-state index contributed by atoms with van der Waals surface area (Å²) in [5.74, 6) is 0.665. The summed E-state index contributed by atoms with van der Waals surface area (Å²) in [6.07, 6.45) is 5.08. The molecule has 0 radical (unpaired) electrons. The Morgan fingerprint density at radius 3 is 2.50 bits per heavy atom. The fourth-order valence-corrected chi connectivity index (χ4v) is 4.25. The summed E-state index contributed by atoms with van der Waals surface area (Å²) in [6, 6.07) is 8.03. The first-order chi connectivity index (χ1) is 13.6. The molecule has 0 unspecified atom stereocenters. The average Bonchev–Trinajstić information content (AvgIpc) is 2.92. The van der Waals surface area contributed by atoms with Gasteiger partial charge < -0.3 is 9.88 Å². The number of nitrogens with zero attached hydrogens (tertiary/aromatic N) is 3. The number of hydrogen-bond donors (Lipinski definition) is 1. The van der Waals surface area contributed by atoms with E-state index >= 15 is 0 Å². The highest BCUT2D eigenvalue weighted by molar-refractivity contribution is 5.94. The molecule has 1 aromatic carbocycles. The molecule has 1 saturated heterocycles. The molecule has 6 heteroatoms. The van der Waals surface area contributed by atoms with Crippen LogP contribution in [0.25, 0.3) is 0 Å². The van der Waals surface area contributed by atoms with Gasteiger partial charge in [0.25, 0.3) is 11.5 Å². The molecule has 1 amide bonds. The van der Waals surface area contributed by atoms with Crippen molar-refractivity contribution in [1.29, 1.82) is 0 Å². The molecule has 6 nitrogen and oxygen atoms in total. The summed E-state index contributed by atoms with van der Waals surface area (Å²) in [4.78, 5) is 36.7. The van der Waals surface area contributed by atoms with Gasteiger partial charge in [0.2, 0.25) is 0 Å². The number of carbonyl (C=O) groups excluding carboxylic acids is 1. The van der Waals surface area contributed by atoms with Crippen molar-refractivity contribution in [3.05, 3.63) is 62.8 Å². The Balaban J connectivity index is 1.42. The normalized spacial score (nSPS) is 17.8. The largest absolute Gasteiger partial charge is 0.338 e. The molecular formula is C22H28N4O2. The van der Waals surface area contributed by atoms with E-state index < -0.39 is 0 Å². The smallest absolute Gasteiger partial charge is 0.254 e. The van der Waals surface area contributed by atoms with Crippen LogP contribution < -0.4 is 5.56 Å². The van der Waals surface area contributed by atoms with Crippen molar-refractivity contribution >= 4 is 5.91 Å². The van der Waals surface area contributed by atoms with Gasteiger partial charge in [0.1, 0.15) is 5.82 Å². The first kappa shape index (κ1) is 18.9. The van der Waals surface area contributed by atoms with Gasteiger partial charge in [-0.15, -0.1) is 0 Å². The highest BCUT2D eigenvalue weighted by Gasteiger charge is 2.22. The number of benzene rings is 1. The van der Waals surface area contributed by atoms with Gasteiger partial charge in [0.05, 0.1) is 5.69 Å². The Bertz CT molecular complexity index is 898. The van der Waals surface area contributed by atoms with Crippen LogP contribution in [0.5, 0.6) is 0 Å². The lowest BCUT2D eigenvalue weighted by atomic mass is 10.1. The number of amides is 1. The molecule has 1 fully saturated rings. The number of fused-ring (bicyclic) bond motifs is 1. The monoisotopic (exact) mass is 380 g/mol. The zero-order chi connectivity index (χ0) is 19.5. The standard InChI is InChI=1S/C22H28N4O2/c1-16-23-20-10-14-26(13-9-19(20)21(27)24-16)22(28)18-7-5-17(6-8-18)15-25-11-3-2-4-12-25/h5-8H,2-4,9-15H2,1H3,(H,23,24,27). The second-order valence-corrected chi connectivity index (χ2v) is 7.90. The van der Waals surface area contributed by atoms with Gasteiger partial charge in [0, 0.05) is 37.2 Å². The molecule has 28 heavy (non-hydrogen) atoms. The SMILES string of the molecule is Cc1nc2c(c(=O)[nH]1)CCN(C(=O)c1ccc(CN3CCCCC3)cc1)CC2. The minimum atomic E-state index is -0.0705. The van der Waals surface area contributed by atoms with Crippen molar-refractivity contribution < 1.29 is 4.79 Å². The topological polar surface area (TPSA) is 69.3 Å². The van der Waals surface area contributed by atoms with E-state index in [1.807, 2.05) is 17.0 Å². The number of nitrogens with one attached hydrogen (secondary N) is 1. The average molecular weight is 380 g/mol. The molecular weight excluding hydrogens is 352 g/mol. The number of aromatic nitrogens is 2. The van der Waals surface area contributed by atoms with Crippen molar-refractivity contribution in [2.75, 3.05) is 26.2 Å².